The molecule has 1 aromatic heterocycles. The van der Waals surface area contributed by atoms with Gasteiger partial charge in [0.1, 0.15) is 5.75 Å². The minimum atomic E-state index is 0.203. The number of phenolic OH excluding ortho intramolecular Hbond substituents is 1. The summed E-state index contributed by atoms with van der Waals surface area (Å²) in [6.07, 6.45) is 7.18. The number of rotatable bonds is 5. The Labute approximate surface area is 171 Å². The molecule has 1 aromatic carbocycles. The first kappa shape index (κ1) is 19.4. The van der Waals surface area contributed by atoms with Crippen molar-refractivity contribution in [2.75, 3.05) is 41.4 Å². The number of nitrogens with one attached hydrogen (secondary N) is 1. The summed E-state index contributed by atoms with van der Waals surface area (Å²) in [6, 6.07) is 7.16. The Morgan fingerprint density at radius 1 is 0.862 bits per heavy atom. The Hall–Kier alpha value is -2.90. The number of anilines is 3. The van der Waals surface area contributed by atoms with Crippen molar-refractivity contribution in [2.24, 2.45) is 5.10 Å². The summed E-state index contributed by atoms with van der Waals surface area (Å²) in [5.74, 6) is 2.08. The maximum atomic E-state index is 10.0. The molecule has 4 rings (SSSR count). The number of para-hydroxylation sites is 1. The Kier molecular flexibility index (Phi) is 6.07. The summed E-state index contributed by atoms with van der Waals surface area (Å²) in [5.41, 5.74) is 4.34. The van der Waals surface area contributed by atoms with E-state index in [2.05, 4.69) is 30.3 Å². The van der Waals surface area contributed by atoms with Crippen LogP contribution in [0.1, 0.15) is 51.0 Å². The lowest BCUT2D eigenvalue weighted by molar-refractivity contribution is 0.474. The van der Waals surface area contributed by atoms with Gasteiger partial charge in [0.15, 0.2) is 0 Å². The van der Waals surface area contributed by atoms with Crippen LogP contribution in [0.25, 0.3) is 0 Å². The molecule has 29 heavy (non-hydrogen) atoms. The standard InChI is InChI=1S/C21H29N7O/c1-16(17-10-4-5-11-18(17)29)25-26-19-22-20(27-12-6-2-7-13-27)24-21(23-19)28-14-8-3-9-15-28/h4-5,10-11,29H,2-3,6-9,12-15H2,1H3,(H,22,23,24,26)/b25-16-. The van der Waals surface area contributed by atoms with Crippen molar-refractivity contribution in [1.29, 1.82) is 0 Å². The van der Waals surface area contributed by atoms with Crippen molar-refractivity contribution in [2.45, 2.75) is 45.4 Å². The average Bonchev–Trinajstić information content (AvgIpc) is 2.79. The van der Waals surface area contributed by atoms with E-state index in [1.807, 2.05) is 19.1 Å². The quantitative estimate of drug-likeness (QED) is 0.592. The van der Waals surface area contributed by atoms with E-state index < -0.39 is 0 Å². The van der Waals surface area contributed by atoms with E-state index in [-0.39, 0.29) is 5.75 Å². The summed E-state index contributed by atoms with van der Waals surface area (Å²) in [5, 5.41) is 14.5. The second-order valence-corrected chi connectivity index (χ2v) is 7.68. The lowest BCUT2D eigenvalue weighted by Gasteiger charge is -2.30. The van der Waals surface area contributed by atoms with Crippen molar-refractivity contribution in [3.8, 4) is 5.75 Å². The van der Waals surface area contributed by atoms with E-state index in [0.717, 1.165) is 63.8 Å². The van der Waals surface area contributed by atoms with Gasteiger partial charge >= 0.3 is 0 Å². The van der Waals surface area contributed by atoms with Crippen LogP contribution in [0.4, 0.5) is 17.8 Å². The molecule has 2 aliphatic heterocycles. The van der Waals surface area contributed by atoms with Gasteiger partial charge in [0, 0.05) is 31.7 Å². The Balaban J connectivity index is 1.60. The van der Waals surface area contributed by atoms with Gasteiger partial charge in [-0.2, -0.15) is 20.1 Å². The molecule has 154 valence electrons. The summed E-state index contributed by atoms with van der Waals surface area (Å²) >= 11 is 0. The molecule has 2 saturated heterocycles. The number of hydrazone groups is 1. The van der Waals surface area contributed by atoms with Gasteiger partial charge < -0.3 is 14.9 Å². The molecule has 0 bridgehead atoms. The van der Waals surface area contributed by atoms with E-state index in [9.17, 15) is 5.11 Å². The third-order valence-electron chi connectivity index (χ3n) is 5.51. The largest absolute Gasteiger partial charge is 0.507 e. The van der Waals surface area contributed by atoms with Crippen LogP contribution in [0, 0.1) is 0 Å². The SMILES string of the molecule is C/C(=N/Nc1nc(N2CCCCC2)nc(N2CCCCC2)n1)c1ccccc1O. The topological polar surface area (TPSA) is 89.8 Å². The van der Waals surface area contributed by atoms with Crippen molar-refractivity contribution in [3.05, 3.63) is 29.8 Å². The van der Waals surface area contributed by atoms with Crippen LogP contribution in [0.5, 0.6) is 5.75 Å². The van der Waals surface area contributed by atoms with Gasteiger partial charge in [-0.05, 0) is 57.6 Å². The smallest absolute Gasteiger partial charge is 0.250 e. The van der Waals surface area contributed by atoms with E-state index in [0.29, 0.717) is 17.2 Å². The number of benzene rings is 1. The molecule has 0 spiro atoms. The van der Waals surface area contributed by atoms with Crippen LogP contribution >= 0.6 is 0 Å². The molecule has 0 unspecified atom stereocenters. The third kappa shape index (κ3) is 4.75. The fourth-order valence-electron chi connectivity index (χ4n) is 3.85. The molecule has 8 heteroatoms. The first-order valence-corrected chi connectivity index (χ1v) is 10.6. The summed E-state index contributed by atoms with van der Waals surface area (Å²) in [6.45, 7) is 5.75. The second-order valence-electron chi connectivity index (χ2n) is 7.68. The summed E-state index contributed by atoms with van der Waals surface area (Å²) in [4.78, 5) is 18.5. The summed E-state index contributed by atoms with van der Waals surface area (Å²) in [7, 11) is 0. The fourth-order valence-corrected chi connectivity index (χ4v) is 3.85. The number of piperidine rings is 2. The number of phenols is 1. The maximum absolute atomic E-state index is 10.0. The Bertz CT molecular complexity index is 822. The lowest BCUT2D eigenvalue weighted by atomic mass is 10.1. The van der Waals surface area contributed by atoms with Crippen LogP contribution in [0.15, 0.2) is 29.4 Å². The number of nitrogens with zero attached hydrogens (tertiary/aromatic N) is 6. The van der Waals surface area contributed by atoms with Crippen molar-refractivity contribution < 1.29 is 5.11 Å². The van der Waals surface area contributed by atoms with Crippen LogP contribution in [-0.4, -0.2) is 51.9 Å². The van der Waals surface area contributed by atoms with Crippen molar-refractivity contribution in [3.63, 3.8) is 0 Å². The highest BCUT2D eigenvalue weighted by atomic mass is 16.3. The highest BCUT2D eigenvalue weighted by molar-refractivity contribution is 6.01. The maximum Gasteiger partial charge on any atom is 0.250 e. The molecule has 0 atom stereocenters. The van der Waals surface area contributed by atoms with E-state index in [4.69, 9.17) is 4.98 Å². The van der Waals surface area contributed by atoms with Gasteiger partial charge in [-0.1, -0.05) is 12.1 Å². The predicted octanol–water partition coefficient (Wildman–Crippen LogP) is 3.39. The normalized spacial score (nSPS) is 18.0. The first-order chi connectivity index (χ1) is 14.2. The van der Waals surface area contributed by atoms with E-state index in [1.54, 1.807) is 12.1 Å². The molecule has 8 nitrogen and oxygen atoms in total. The zero-order valence-electron chi connectivity index (χ0n) is 17.0. The number of hydrogen-bond donors (Lipinski definition) is 2. The molecule has 2 N–H and O–H groups in total. The molecule has 2 aromatic rings. The molecule has 2 fully saturated rings. The van der Waals surface area contributed by atoms with Crippen LogP contribution in [0.2, 0.25) is 0 Å². The number of aromatic nitrogens is 3. The number of hydrogen-bond acceptors (Lipinski definition) is 8. The van der Waals surface area contributed by atoms with Crippen LogP contribution in [-0.2, 0) is 0 Å². The first-order valence-electron chi connectivity index (χ1n) is 10.6. The van der Waals surface area contributed by atoms with Crippen LogP contribution < -0.4 is 15.2 Å². The Morgan fingerprint density at radius 2 is 1.41 bits per heavy atom. The molecule has 3 heterocycles. The second kappa shape index (κ2) is 9.07. The molecule has 0 saturated carbocycles. The minimum absolute atomic E-state index is 0.203. The molecule has 0 aliphatic carbocycles. The van der Waals surface area contributed by atoms with Gasteiger partial charge in [-0.15, -0.1) is 0 Å². The van der Waals surface area contributed by atoms with Crippen LogP contribution in [0.3, 0.4) is 0 Å². The Morgan fingerprint density at radius 3 is 1.97 bits per heavy atom. The molecular formula is C21H29N7O. The molecule has 2 aliphatic rings. The molecule has 0 amide bonds. The minimum Gasteiger partial charge on any atom is -0.507 e. The highest BCUT2D eigenvalue weighted by Crippen LogP contribution is 2.23. The fraction of sp³-hybridized carbons (Fsp3) is 0.524. The predicted molar refractivity (Wildman–Crippen MR) is 116 cm³/mol. The lowest BCUT2D eigenvalue weighted by Crippen LogP contribution is -2.34. The van der Waals surface area contributed by atoms with Gasteiger partial charge in [0.05, 0.1) is 5.71 Å². The zero-order valence-corrected chi connectivity index (χ0v) is 17.0. The van der Waals surface area contributed by atoms with E-state index in [1.165, 1.54) is 12.8 Å². The average molecular weight is 396 g/mol. The monoisotopic (exact) mass is 395 g/mol. The molecular weight excluding hydrogens is 366 g/mol. The van der Waals surface area contributed by atoms with E-state index >= 15 is 0 Å². The number of aromatic hydroxyl groups is 1. The van der Waals surface area contributed by atoms with Gasteiger partial charge in [-0.25, -0.2) is 5.43 Å². The highest BCUT2D eigenvalue weighted by Gasteiger charge is 2.20. The van der Waals surface area contributed by atoms with Gasteiger partial charge in [-0.3, -0.25) is 0 Å². The zero-order chi connectivity index (χ0) is 20.1. The van der Waals surface area contributed by atoms with Crippen molar-refractivity contribution in [1.82, 2.24) is 15.0 Å². The summed E-state index contributed by atoms with van der Waals surface area (Å²) < 4.78 is 0. The molecule has 0 radical (unpaired) electrons. The van der Waals surface area contributed by atoms with Crippen molar-refractivity contribution >= 4 is 23.6 Å². The van der Waals surface area contributed by atoms with Gasteiger partial charge in [0.25, 0.3) is 0 Å². The van der Waals surface area contributed by atoms with Gasteiger partial charge in [0.2, 0.25) is 17.8 Å². The third-order valence-corrected chi connectivity index (χ3v) is 5.51.